The monoisotopic (exact) mass is 394 g/mol. The number of rotatable bonds is 5. The molecule has 1 heterocycles. The van der Waals surface area contributed by atoms with Crippen LogP contribution in [0.2, 0.25) is 0 Å². The number of nitriles is 1. The van der Waals surface area contributed by atoms with Crippen LogP contribution in [0.3, 0.4) is 0 Å². The molecular formula is C20H18N4O3S. The number of hydrogen-bond acceptors (Lipinski definition) is 6. The Kier molecular flexibility index (Phi) is 5.89. The van der Waals surface area contributed by atoms with Gasteiger partial charge in [0.05, 0.1) is 16.4 Å². The summed E-state index contributed by atoms with van der Waals surface area (Å²) in [6.07, 6.45) is -1.03. The molecule has 0 fully saturated rings. The molecule has 4 N–H and O–H groups in total. The van der Waals surface area contributed by atoms with E-state index in [1.807, 2.05) is 11.4 Å². The van der Waals surface area contributed by atoms with Crippen molar-refractivity contribution in [1.29, 1.82) is 5.26 Å². The Morgan fingerprint density at radius 1 is 1.11 bits per heavy atom. The molecule has 2 amide bonds. The highest BCUT2D eigenvalue weighted by Gasteiger charge is 2.25. The first-order valence-corrected chi connectivity index (χ1v) is 9.39. The molecule has 7 nitrogen and oxygen atoms in total. The number of aliphatic hydroxyl groups is 1. The Balaban J connectivity index is 1.73. The summed E-state index contributed by atoms with van der Waals surface area (Å²) in [5.41, 5.74) is 6.24. The van der Waals surface area contributed by atoms with Gasteiger partial charge in [0.1, 0.15) is 12.1 Å². The van der Waals surface area contributed by atoms with E-state index in [0.717, 1.165) is 10.1 Å². The smallest absolute Gasteiger partial charge is 0.269 e. The molecule has 0 aliphatic heterocycles. The topological polar surface area (TPSA) is 114 Å². The number of benzene rings is 2. The minimum Gasteiger partial charge on any atom is -0.391 e. The number of nitrogens with zero attached hydrogens (tertiary/aromatic N) is 1. The van der Waals surface area contributed by atoms with Gasteiger partial charge in [-0.15, -0.1) is 11.3 Å². The molecular weight excluding hydrogens is 376 g/mol. The molecule has 1 aromatic heterocycles. The number of nitrogens with one attached hydrogen (secondary N) is 3. The van der Waals surface area contributed by atoms with Crippen LogP contribution >= 0.6 is 11.3 Å². The highest BCUT2D eigenvalue weighted by atomic mass is 32.1. The van der Waals surface area contributed by atoms with Crippen molar-refractivity contribution in [2.75, 3.05) is 5.32 Å². The van der Waals surface area contributed by atoms with E-state index >= 15 is 0 Å². The van der Waals surface area contributed by atoms with Crippen molar-refractivity contribution in [2.24, 2.45) is 0 Å². The highest BCUT2D eigenvalue weighted by Crippen LogP contribution is 2.31. The van der Waals surface area contributed by atoms with Gasteiger partial charge in [0.15, 0.2) is 0 Å². The molecule has 2 atom stereocenters. The number of fused-ring (bicyclic) bond motifs is 1. The molecule has 0 bridgehead atoms. The lowest BCUT2D eigenvalue weighted by atomic mass is 10.1. The molecule has 142 valence electrons. The standard InChI is InChI=1S/C20H18N4O3S/c1-12(25)17(20(27)24-23-19(26)13-5-3-2-4-6-13)22-16-8-7-14(11-21)18-15(16)9-10-28-18/h2-10,12,17,22,25H,1H3,(H,23,26)(H,24,27)/t12-,17+/m0/s1. The molecule has 0 aliphatic rings. The van der Waals surface area contributed by atoms with Gasteiger partial charge in [0, 0.05) is 16.6 Å². The fraction of sp³-hybridized carbons (Fsp3) is 0.150. The molecule has 3 aromatic rings. The van der Waals surface area contributed by atoms with E-state index in [2.05, 4.69) is 22.2 Å². The van der Waals surface area contributed by atoms with Crippen LogP contribution in [0.1, 0.15) is 22.8 Å². The zero-order valence-electron chi connectivity index (χ0n) is 15.0. The van der Waals surface area contributed by atoms with Crippen molar-refractivity contribution in [3.63, 3.8) is 0 Å². The predicted octanol–water partition coefficient (Wildman–Crippen LogP) is 2.40. The second-order valence-electron chi connectivity index (χ2n) is 6.11. The molecule has 0 spiro atoms. The number of hydrogen-bond donors (Lipinski definition) is 4. The Morgan fingerprint density at radius 3 is 2.54 bits per heavy atom. The van der Waals surface area contributed by atoms with Gasteiger partial charge in [0.2, 0.25) is 0 Å². The Bertz CT molecular complexity index is 1040. The van der Waals surface area contributed by atoms with Gasteiger partial charge in [-0.25, -0.2) is 0 Å². The lowest BCUT2D eigenvalue weighted by molar-refractivity contribution is -0.124. The van der Waals surface area contributed by atoms with E-state index in [1.54, 1.807) is 42.5 Å². The molecule has 0 aliphatic carbocycles. The molecule has 3 rings (SSSR count). The minimum atomic E-state index is -1.03. The highest BCUT2D eigenvalue weighted by molar-refractivity contribution is 7.17. The molecule has 8 heteroatoms. The van der Waals surface area contributed by atoms with Crippen molar-refractivity contribution >= 4 is 38.9 Å². The Labute approximate surface area is 165 Å². The van der Waals surface area contributed by atoms with Crippen molar-refractivity contribution in [3.8, 4) is 6.07 Å². The molecule has 0 unspecified atom stereocenters. The number of aliphatic hydroxyl groups excluding tert-OH is 1. The summed E-state index contributed by atoms with van der Waals surface area (Å²) >= 11 is 1.43. The number of hydrazine groups is 1. The fourth-order valence-electron chi connectivity index (χ4n) is 2.71. The lowest BCUT2D eigenvalue weighted by Gasteiger charge is -2.22. The van der Waals surface area contributed by atoms with Gasteiger partial charge in [-0.1, -0.05) is 18.2 Å². The molecule has 2 aromatic carbocycles. The number of carbonyl (C=O) groups excluding carboxylic acids is 2. The van der Waals surface area contributed by atoms with Crippen LogP contribution in [0.25, 0.3) is 10.1 Å². The summed E-state index contributed by atoms with van der Waals surface area (Å²) in [4.78, 5) is 24.6. The lowest BCUT2D eigenvalue weighted by Crippen LogP contribution is -2.52. The fourth-order valence-corrected chi connectivity index (χ4v) is 3.59. The maximum atomic E-state index is 12.5. The van der Waals surface area contributed by atoms with Gasteiger partial charge in [0.25, 0.3) is 11.8 Å². The van der Waals surface area contributed by atoms with Crippen LogP contribution in [0.4, 0.5) is 5.69 Å². The zero-order chi connectivity index (χ0) is 20.1. The number of carbonyl (C=O) groups is 2. The molecule has 0 saturated carbocycles. The molecule has 0 radical (unpaired) electrons. The van der Waals surface area contributed by atoms with E-state index < -0.39 is 24.0 Å². The number of anilines is 1. The predicted molar refractivity (Wildman–Crippen MR) is 108 cm³/mol. The number of thiophene rings is 1. The van der Waals surface area contributed by atoms with Crippen LogP contribution in [-0.2, 0) is 4.79 Å². The largest absolute Gasteiger partial charge is 0.391 e. The van der Waals surface area contributed by atoms with Crippen LogP contribution in [0.5, 0.6) is 0 Å². The summed E-state index contributed by atoms with van der Waals surface area (Å²) < 4.78 is 0.801. The average molecular weight is 394 g/mol. The number of amides is 2. The third kappa shape index (κ3) is 4.11. The summed E-state index contributed by atoms with van der Waals surface area (Å²) in [7, 11) is 0. The first-order valence-electron chi connectivity index (χ1n) is 8.51. The van der Waals surface area contributed by atoms with Crippen molar-refractivity contribution < 1.29 is 14.7 Å². The van der Waals surface area contributed by atoms with Crippen molar-refractivity contribution in [3.05, 3.63) is 65.0 Å². The average Bonchev–Trinajstić information content (AvgIpc) is 3.20. The quantitative estimate of drug-likeness (QED) is 0.496. The van der Waals surface area contributed by atoms with Gasteiger partial charge in [-0.2, -0.15) is 5.26 Å². The van der Waals surface area contributed by atoms with Gasteiger partial charge in [-0.3, -0.25) is 20.4 Å². The minimum absolute atomic E-state index is 0.399. The van der Waals surface area contributed by atoms with Gasteiger partial charge >= 0.3 is 0 Å². The first kappa shape index (κ1) is 19.4. The van der Waals surface area contributed by atoms with Crippen molar-refractivity contribution in [2.45, 2.75) is 19.1 Å². The van der Waals surface area contributed by atoms with Crippen LogP contribution in [-0.4, -0.2) is 29.1 Å². The summed E-state index contributed by atoms with van der Waals surface area (Å²) in [6, 6.07) is 14.8. The van der Waals surface area contributed by atoms with E-state index in [-0.39, 0.29) is 0 Å². The second-order valence-corrected chi connectivity index (χ2v) is 7.02. The third-order valence-electron chi connectivity index (χ3n) is 4.15. The summed E-state index contributed by atoms with van der Waals surface area (Å²) in [5.74, 6) is -1.05. The maximum Gasteiger partial charge on any atom is 0.269 e. The summed E-state index contributed by atoms with van der Waals surface area (Å²) in [6.45, 7) is 1.48. The third-order valence-corrected chi connectivity index (χ3v) is 5.10. The van der Waals surface area contributed by atoms with E-state index in [9.17, 15) is 20.0 Å². The summed E-state index contributed by atoms with van der Waals surface area (Å²) in [5, 5.41) is 24.9. The molecule has 0 saturated heterocycles. The van der Waals surface area contributed by atoms with E-state index in [1.165, 1.54) is 18.3 Å². The Hall–Kier alpha value is -3.41. The van der Waals surface area contributed by atoms with Crippen LogP contribution in [0, 0.1) is 11.3 Å². The van der Waals surface area contributed by atoms with Gasteiger partial charge < -0.3 is 10.4 Å². The van der Waals surface area contributed by atoms with Crippen molar-refractivity contribution in [1.82, 2.24) is 10.9 Å². The maximum absolute atomic E-state index is 12.5. The molecule has 28 heavy (non-hydrogen) atoms. The van der Waals surface area contributed by atoms with Gasteiger partial charge in [-0.05, 0) is 42.6 Å². The normalized spacial score (nSPS) is 12.6. The first-order chi connectivity index (χ1) is 13.5. The second kappa shape index (κ2) is 8.52. The SMILES string of the molecule is C[C@H](O)[C@@H](Nc1ccc(C#N)c2sccc12)C(=O)NNC(=O)c1ccccc1. The van der Waals surface area contributed by atoms with E-state index in [4.69, 9.17) is 0 Å². The van der Waals surface area contributed by atoms with Crippen LogP contribution in [0.15, 0.2) is 53.9 Å². The van der Waals surface area contributed by atoms with Crippen LogP contribution < -0.4 is 16.2 Å². The Morgan fingerprint density at radius 2 is 1.86 bits per heavy atom. The van der Waals surface area contributed by atoms with E-state index in [0.29, 0.717) is 16.8 Å². The zero-order valence-corrected chi connectivity index (χ0v) is 15.8.